The molecule has 0 radical (unpaired) electrons. The molecule has 1 N–H and O–H groups in total. The Morgan fingerprint density at radius 3 is 2.71 bits per heavy atom. The van der Waals surface area contributed by atoms with Crippen LogP contribution >= 0.6 is 0 Å². The highest BCUT2D eigenvalue weighted by Gasteiger charge is 2.22. The molecule has 2 rings (SSSR count). The molecule has 1 aliphatic rings. The maximum atomic E-state index is 5.78. The zero-order chi connectivity index (χ0) is 12.3. The van der Waals surface area contributed by atoms with E-state index in [1.54, 1.807) is 14.2 Å². The van der Waals surface area contributed by atoms with Gasteiger partial charge in [0.2, 0.25) is 0 Å². The second-order valence-electron chi connectivity index (χ2n) is 4.12. The van der Waals surface area contributed by atoms with Gasteiger partial charge in [0.25, 0.3) is 0 Å². The summed E-state index contributed by atoms with van der Waals surface area (Å²) in [6.45, 7) is 4.52. The van der Waals surface area contributed by atoms with Crippen molar-refractivity contribution in [3.63, 3.8) is 0 Å². The van der Waals surface area contributed by atoms with Gasteiger partial charge in [-0.1, -0.05) is 0 Å². The number of rotatable bonds is 3. The number of benzene rings is 1. The zero-order valence-electron chi connectivity index (χ0n) is 10.6. The van der Waals surface area contributed by atoms with Crippen LogP contribution in [0.1, 0.15) is 17.2 Å². The summed E-state index contributed by atoms with van der Waals surface area (Å²) in [5, 5.41) is 3.33. The third-order valence-corrected chi connectivity index (χ3v) is 3.03. The van der Waals surface area contributed by atoms with E-state index >= 15 is 0 Å². The first kappa shape index (κ1) is 12.2. The average Bonchev–Trinajstić information content (AvgIpc) is 2.38. The van der Waals surface area contributed by atoms with Crippen LogP contribution in [0.25, 0.3) is 0 Å². The normalized spacial score (nSPS) is 20.1. The SMILES string of the molecule is COc1cc(C)c(C2CNCCO2)c(OC)c1. The molecule has 1 saturated heterocycles. The molecule has 4 nitrogen and oxygen atoms in total. The number of morpholine rings is 1. The van der Waals surface area contributed by atoms with Crippen LogP contribution in [0.15, 0.2) is 12.1 Å². The van der Waals surface area contributed by atoms with Gasteiger partial charge in [-0.15, -0.1) is 0 Å². The third kappa shape index (κ3) is 2.53. The molecule has 0 bridgehead atoms. The molecule has 0 saturated carbocycles. The number of methoxy groups -OCH3 is 2. The molecule has 1 aromatic carbocycles. The summed E-state index contributed by atoms with van der Waals surface area (Å²) in [4.78, 5) is 0. The second-order valence-corrected chi connectivity index (χ2v) is 4.12. The topological polar surface area (TPSA) is 39.7 Å². The van der Waals surface area contributed by atoms with Crippen molar-refractivity contribution in [1.82, 2.24) is 5.32 Å². The number of aryl methyl sites for hydroxylation is 1. The zero-order valence-corrected chi connectivity index (χ0v) is 10.6. The number of hydrogen-bond acceptors (Lipinski definition) is 4. The Labute approximate surface area is 102 Å². The predicted molar refractivity (Wildman–Crippen MR) is 65.8 cm³/mol. The lowest BCUT2D eigenvalue weighted by molar-refractivity contribution is 0.0258. The van der Waals surface area contributed by atoms with Gasteiger partial charge in [-0.05, 0) is 18.6 Å². The van der Waals surface area contributed by atoms with Gasteiger partial charge in [0.05, 0.1) is 26.9 Å². The molecule has 1 heterocycles. The fraction of sp³-hybridized carbons (Fsp3) is 0.538. The van der Waals surface area contributed by atoms with E-state index in [1.807, 2.05) is 12.1 Å². The highest BCUT2D eigenvalue weighted by molar-refractivity contribution is 5.47. The van der Waals surface area contributed by atoms with Crippen LogP contribution in [0, 0.1) is 6.92 Å². The first-order valence-electron chi connectivity index (χ1n) is 5.81. The Balaban J connectivity index is 2.36. The third-order valence-electron chi connectivity index (χ3n) is 3.03. The minimum Gasteiger partial charge on any atom is -0.497 e. The molecule has 1 unspecified atom stereocenters. The number of nitrogens with one attached hydrogen (secondary N) is 1. The number of hydrogen-bond donors (Lipinski definition) is 1. The van der Waals surface area contributed by atoms with E-state index < -0.39 is 0 Å². The van der Waals surface area contributed by atoms with Crippen molar-refractivity contribution in [3.8, 4) is 11.5 Å². The largest absolute Gasteiger partial charge is 0.497 e. The van der Waals surface area contributed by atoms with Crippen molar-refractivity contribution < 1.29 is 14.2 Å². The van der Waals surface area contributed by atoms with Crippen molar-refractivity contribution >= 4 is 0 Å². The van der Waals surface area contributed by atoms with Gasteiger partial charge >= 0.3 is 0 Å². The van der Waals surface area contributed by atoms with Crippen LogP contribution in [-0.4, -0.2) is 33.9 Å². The van der Waals surface area contributed by atoms with Gasteiger partial charge in [0.1, 0.15) is 11.5 Å². The molecule has 1 aliphatic heterocycles. The molecular weight excluding hydrogens is 218 g/mol. The molecule has 1 atom stereocenters. The van der Waals surface area contributed by atoms with Crippen molar-refractivity contribution in [2.24, 2.45) is 0 Å². The van der Waals surface area contributed by atoms with Crippen molar-refractivity contribution in [2.45, 2.75) is 13.0 Å². The Kier molecular flexibility index (Phi) is 3.86. The van der Waals surface area contributed by atoms with E-state index in [0.717, 1.165) is 42.3 Å². The molecule has 1 aromatic rings. The Bertz CT molecular complexity index is 386. The maximum absolute atomic E-state index is 5.78. The van der Waals surface area contributed by atoms with E-state index in [1.165, 1.54) is 0 Å². The van der Waals surface area contributed by atoms with Gasteiger partial charge in [-0.3, -0.25) is 0 Å². The second kappa shape index (κ2) is 5.38. The van der Waals surface area contributed by atoms with E-state index in [4.69, 9.17) is 14.2 Å². The molecule has 0 aliphatic carbocycles. The molecular formula is C13H19NO3. The van der Waals surface area contributed by atoms with Gasteiger partial charge < -0.3 is 19.5 Å². The number of ether oxygens (including phenoxy) is 3. The Hall–Kier alpha value is -1.26. The molecule has 1 fully saturated rings. The molecule has 17 heavy (non-hydrogen) atoms. The molecule has 4 heteroatoms. The monoisotopic (exact) mass is 237 g/mol. The first-order valence-corrected chi connectivity index (χ1v) is 5.81. The van der Waals surface area contributed by atoms with E-state index in [0.29, 0.717) is 0 Å². The lowest BCUT2D eigenvalue weighted by atomic mass is 10.0. The first-order chi connectivity index (χ1) is 8.26. The fourth-order valence-electron chi connectivity index (χ4n) is 2.18. The molecule has 94 valence electrons. The van der Waals surface area contributed by atoms with Crippen LogP contribution < -0.4 is 14.8 Å². The fourth-order valence-corrected chi connectivity index (χ4v) is 2.18. The average molecular weight is 237 g/mol. The minimum absolute atomic E-state index is 0.0598. The molecule has 0 spiro atoms. The summed E-state index contributed by atoms with van der Waals surface area (Å²) >= 11 is 0. The standard InChI is InChI=1S/C13H19NO3/c1-9-6-10(15-2)7-11(16-3)13(9)12-8-14-4-5-17-12/h6-7,12,14H,4-5,8H2,1-3H3. The predicted octanol–water partition coefficient (Wildman–Crippen LogP) is 1.67. The van der Waals surface area contributed by atoms with Crippen LogP contribution in [0.4, 0.5) is 0 Å². The minimum atomic E-state index is 0.0598. The van der Waals surface area contributed by atoms with Crippen molar-refractivity contribution in [2.75, 3.05) is 33.9 Å². The summed E-state index contributed by atoms with van der Waals surface area (Å²) in [6.07, 6.45) is 0.0598. The lowest BCUT2D eigenvalue weighted by Gasteiger charge is -2.27. The lowest BCUT2D eigenvalue weighted by Crippen LogP contribution is -2.33. The highest BCUT2D eigenvalue weighted by atomic mass is 16.5. The van der Waals surface area contributed by atoms with Gasteiger partial charge in [-0.2, -0.15) is 0 Å². The van der Waals surface area contributed by atoms with Crippen LogP contribution in [0.5, 0.6) is 11.5 Å². The quantitative estimate of drug-likeness (QED) is 0.868. The van der Waals surface area contributed by atoms with Gasteiger partial charge in [0, 0.05) is 24.7 Å². The summed E-state index contributed by atoms with van der Waals surface area (Å²) < 4.78 is 16.5. The van der Waals surface area contributed by atoms with Crippen LogP contribution in [0.3, 0.4) is 0 Å². The molecule has 0 aromatic heterocycles. The van der Waals surface area contributed by atoms with E-state index in [2.05, 4.69) is 12.2 Å². The Morgan fingerprint density at radius 1 is 1.29 bits per heavy atom. The van der Waals surface area contributed by atoms with Crippen molar-refractivity contribution in [1.29, 1.82) is 0 Å². The van der Waals surface area contributed by atoms with Crippen LogP contribution in [0.2, 0.25) is 0 Å². The Morgan fingerprint density at radius 2 is 2.12 bits per heavy atom. The van der Waals surface area contributed by atoms with E-state index in [9.17, 15) is 0 Å². The highest BCUT2D eigenvalue weighted by Crippen LogP contribution is 2.34. The van der Waals surface area contributed by atoms with E-state index in [-0.39, 0.29) is 6.10 Å². The van der Waals surface area contributed by atoms with Gasteiger partial charge in [0.15, 0.2) is 0 Å². The van der Waals surface area contributed by atoms with Crippen molar-refractivity contribution in [3.05, 3.63) is 23.3 Å². The van der Waals surface area contributed by atoms with Crippen LogP contribution in [-0.2, 0) is 4.74 Å². The van der Waals surface area contributed by atoms with Gasteiger partial charge in [-0.25, -0.2) is 0 Å². The smallest absolute Gasteiger partial charge is 0.128 e. The summed E-state index contributed by atoms with van der Waals surface area (Å²) in [5.41, 5.74) is 2.25. The summed E-state index contributed by atoms with van der Waals surface area (Å²) in [5.74, 6) is 1.64. The maximum Gasteiger partial charge on any atom is 0.128 e. The summed E-state index contributed by atoms with van der Waals surface area (Å²) in [7, 11) is 3.33. The molecule has 0 amide bonds. The summed E-state index contributed by atoms with van der Waals surface area (Å²) in [6, 6.07) is 3.91.